The average molecular weight is 498 g/mol. The van der Waals surface area contributed by atoms with Crippen LogP contribution in [-0.2, 0) is 0 Å². The Labute approximate surface area is 205 Å². The molecule has 1 atom stereocenters. The summed E-state index contributed by atoms with van der Waals surface area (Å²) in [4.78, 5) is 10.3. The van der Waals surface area contributed by atoms with E-state index in [4.69, 9.17) is 13.9 Å². The van der Waals surface area contributed by atoms with Crippen LogP contribution in [0.15, 0.2) is 53.4 Å². The Kier molecular flexibility index (Phi) is 6.70. The molecule has 1 aromatic carbocycles. The van der Waals surface area contributed by atoms with Crippen LogP contribution in [0.3, 0.4) is 0 Å². The zero-order chi connectivity index (χ0) is 24.2. The molecule has 0 aliphatic carbocycles. The van der Waals surface area contributed by atoms with Crippen LogP contribution in [0.5, 0.6) is 11.5 Å². The standard InChI is InChI=1S/C23H24FN7O3S/c1-32-17-7-3-8-18(33-2)20(17)31-21(19-9-5-11-34-19)27-28-23(31)29-35-16-6-4-10-30(14-16)22-25-12-15(24)13-26-22/h3,5,7-9,11-13,16H,4,6,10,14H2,1-2H3,(H,28,29). The summed E-state index contributed by atoms with van der Waals surface area (Å²) in [7, 11) is 3.20. The van der Waals surface area contributed by atoms with Gasteiger partial charge in [0.15, 0.2) is 11.6 Å². The lowest BCUT2D eigenvalue weighted by atomic mass is 10.1. The summed E-state index contributed by atoms with van der Waals surface area (Å²) in [5.74, 6) is 2.84. The Morgan fingerprint density at radius 1 is 1.09 bits per heavy atom. The molecule has 5 rings (SSSR count). The smallest absolute Gasteiger partial charge is 0.239 e. The number of benzene rings is 1. The van der Waals surface area contributed by atoms with Gasteiger partial charge >= 0.3 is 0 Å². The molecule has 10 nitrogen and oxygen atoms in total. The van der Waals surface area contributed by atoms with Crippen molar-refractivity contribution in [3.8, 4) is 28.8 Å². The lowest BCUT2D eigenvalue weighted by Gasteiger charge is -2.32. The summed E-state index contributed by atoms with van der Waals surface area (Å²) in [6.07, 6.45) is 5.92. The molecule has 0 spiro atoms. The van der Waals surface area contributed by atoms with Crippen molar-refractivity contribution < 1.29 is 18.3 Å². The topological polar surface area (TPSA) is 103 Å². The molecule has 3 aromatic heterocycles. The van der Waals surface area contributed by atoms with Crippen molar-refractivity contribution >= 4 is 23.8 Å². The van der Waals surface area contributed by atoms with Crippen LogP contribution in [0.2, 0.25) is 0 Å². The molecule has 1 aliphatic heterocycles. The predicted octanol–water partition coefficient (Wildman–Crippen LogP) is 4.20. The summed E-state index contributed by atoms with van der Waals surface area (Å²) < 4.78 is 35.3. The van der Waals surface area contributed by atoms with Crippen LogP contribution in [0.1, 0.15) is 12.8 Å². The third kappa shape index (κ3) is 4.74. The van der Waals surface area contributed by atoms with Crippen molar-refractivity contribution in [1.29, 1.82) is 0 Å². The summed E-state index contributed by atoms with van der Waals surface area (Å²) in [6, 6.07) is 9.17. The van der Waals surface area contributed by atoms with Gasteiger partial charge in [-0.25, -0.2) is 14.4 Å². The van der Waals surface area contributed by atoms with Crippen molar-refractivity contribution in [3.63, 3.8) is 0 Å². The summed E-state index contributed by atoms with van der Waals surface area (Å²) in [5.41, 5.74) is 0.655. The van der Waals surface area contributed by atoms with Gasteiger partial charge in [0.1, 0.15) is 17.2 Å². The lowest BCUT2D eigenvalue weighted by Crippen LogP contribution is -2.38. The van der Waals surface area contributed by atoms with E-state index in [0.717, 1.165) is 19.4 Å². The number of nitrogens with one attached hydrogen (secondary N) is 1. The van der Waals surface area contributed by atoms with Gasteiger partial charge in [-0.1, -0.05) is 6.07 Å². The Morgan fingerprint density at radius 3 is 2.54 bits per heavy atom. The number of hydrogen-bond acceptors (Lipinski definition) is 10. The molecule has 1 unspecified atom stereocenters. The highest BCUT2D eigenvalue weighted by molar-refractivity contribution is 8.01. The van der Waals surface area contributed by atoms with Crippen LogP contribution in [0, 0.1) is 5.82 Å². The molecular weight excluding hydrogens is 473 g/mol. The first kappa shape index (κ1) is 23.0. The van der Waals surface area contributed by atoms with E-state index < -0.39 is 5.82 Å². The second-order valence-electron chi connectivity index (χ2n) is 7.80. The fraction of sp³-hybridized carbons (Fsp3) is 0.304. The van der Waals surface area contributed by atoms with E-state index in [1.54, 1.807) is 38.5 Å². The van der Waals surface area contributed by atoms with Crippen molar-refractivity contribution in [2.24, 2.45) is 0 Å². The highest BCUT2D eigenvalue weighted by Crippen LogP contribution is 2.38. The lowest BCUT2D eigenvalue weighted by molar-refractivity contribution is 0.391. The molecule has 0 saturated carbocycles. The van der Waals surface area contributed by atoms with Gasteiger partial charge in [-0.15, -0.1) is 10.2 Å². The highest BCUT2D eigenvalue weighted by atomic mass is 32.2. The molecule has 182 valence electrons. The number of ether oxygens (including phenoxy) is 2. The summed E-state index contributed by atoms with van der Waals surface area (Å²) >= 11 is 1.54. The molecule has 0 bridgehead atoms. The molecule has 0 amide bonds. The monoisotopic (exact) mass is 497 g/mol. The number of aromatic nitrogens is 5. The minimum atomic E-state index is -0.447. The minimum Gasteiger partial charge on any atom is -0.494 e. The molecule has 1 fully saturated rings. The molecule has 12 heteroatoms. The average Bonchev–Trinajstić information content (AvgIpc) is 3.57. The molecule has 1 N–H and O–H groups in total. The van der Waals surface area contributed by atoms with E-state index in [1.807, 2.05) is 28.8 Å². The number of methoxy groups -OCH3 is 2. The molecule has 4 heterocycles. The fourth-order valence-electron chi connectivity index (χ4n) is 4.00. The van der Waals surface area contributed by atoms with Crippen molar-refractivity contribution in [1.82, 2.24) is 24.7 Å². The zero-order valence-corrected chi connectivity index (χ0v) is 20.0. The molecule has 35 heavy (non-hydrogen) atoms. The first-order chi connectivity index (χ1) is 17.2. The Balaban J connectivity index is 1.43. The maximum absolute atomic E-state index is 13.2. The Hall–Kier alpha value is -3.80. The van der Waals surface area contributed by atoms with Crippen molar-refractivity contribution in [2.75, 3.05) is 36.9 Å². The van der Waals surface area contributed by atoms with E-state index in [2.05, 4.69) is 29.8 Å². The van der Waals surface area contributed by atoms with Gasteiger partial charge in [-0.3, -0.25) is 9.29 Å². The molecule has 1 aliphatic rings. The number of furan rings is 1. The largest absolute Gasteiger partial charge is 0.494 e. The Morgan fingerprint density at radius 2 is 1.86 bits per heavy atom. The highest BCUT2D eigenvalue weighted by Gasteiger charge is 2.26. The van der Waals surface area contributed by atoms with Crippen molar-refractivity contribution in [3.05, 3.63) is 54.8 Å². The number of hydrogen-bond donors (Lipinski definition) is 1. The number of halogens is 1. The van der Waals surface area contributed by atoms with E-state index in [9.17, 15) is 4.39 Å². The number of anilines is 2. The maximum Gasteiger partial charge on any atom is 0.239 e. The Bertz CT molecular complexity index is 1240. The van der Waals surface area contributed by atoms with E-state index in [0.29, 0.717) is 47.2 Å². The second-order valence-corrected chi connectivity index (χ2v) is 8.91. The minimum absolute atomic E-state index is 0.217. The molecule has 0 radical (unpaired) electrons. The summed E-state index contributed by atoms with van der Waals surface area (Å²) in [5, 5.41) is 9.00. The molecule has 4 aromatic rings. The number of rotatable bonds is 8. The van der Waals surface area contributed by atoms with E-state index in [1.165, 1.54) is 12.4 Å². The first-order valence-corrected chi connectivity index (χ1v) is 11.9. The van der Waals surface area contributed by atoms with Gasteiger partial charge in [0.2, 0.25) is 17.7 Å². The normalized spacial score (nSPS) is 15.7. The van der Waals surface area contributed by atoms with Gasteiger partial charge < -0.3 is 18.8 Å². The third-order valence-electron chi connectivity index (χ3n) is 5.61. The van der Waals surface area contributed by atoms with Crippen LogP contribution < -0.4 is 19.1 Å². The molecule has 1 saturated heterocycles. The number of para-hydroxylation sites is 1. The first-order valence-electron chi connectivity index (χ1n) is 11.0. The van der Waals surface area contributed by atoms with E-state index >= 15 is 0 Å². The number of piperidine rings is 1. The summed E-state index contributed by atoms with van der Waals surface area (Å²) in [6.45, 7) is 1.53. The second kappa shape index (κ2) is 10.2. The van der Waals surface area contributed by atoms with Gasteiger partial charge in [0.25, 0.3) is 0 Å². The van der Waals surface area contributed by atoms with E-state index in [-0.39, 0.29) is 5.25 Å². The quantitative estimate of drug-likeness (QED) is 0.356. The SMILES string of the molecule is COc1cccc(OC)c1-n1c(NSC2CCCN(c3ncc(F)cn3)C2)nnc1-c1ccco1. The fourth-order valence-corrected chi connectivity index (χ4v) is 4.94. The van der Waals surface area contributed by atoms with Gasteiger partial charge in [0.05, 0.1) is 32.9 Å². The molecular formula is C23H24FN7O3S. The van der Waals surface area contributed by atoms with Gasteiger partial charge in [-0.2, -0.15) is 0 Å². The van der Waals surface area contributed by atoms with Crippen LogP contribution in [-0.4, -0.2) is 57.3 Å². The number of nitrogens with zero attached hydrogens (tertiary/aromatic N) is 6. The van der Waals surface area contributed by atoms with Gasteiger partial charge in [0, 0.05) is 18.3 Å². The van der Waals surface area contributed by atoms with Crippen LogP contribution >= 0.6 is 11.9 Å². The third-order valence-corrected chi connectivity index (χ3v) is 6.63. The van der Waals surface area contributed by atoms with Gasteiger partial charge in [-0.05, 0) is 49.1 Å². The van der Waals surface area contributed by atoms with Crippen LogP contribution in [0.4, 0.5) is 16.3 Å². The van der Waals surface area contributed by atoms with Crippen molar-refractivity contribution in [2.45, 2.75) is 18.1 Å². The zero-order valence-electron chi connectivity index (χ0n) is 19.2. The maximum atomic E-state index is 13.2. The predicted molar refractivity (Wildman–Crippen MR) is 131 cm³/mol. The van der Waals surface area contributed by atoms with Crippen LogP contribution in [0.25, 0.3) is 17.3 Å².